The maximum atomic E-state index is 2.44. The van der Waals surface area contributed by atoms with Crippen molar-refractivity contribution in [2.45, 2.75) is 25.0 Å². The number of hydrogen-bond acceptors (Lipinski definition) is 2. The molecule has 3 heteroatoms. The highest BCUT2D eigenvalue weighted by molar-refractivity contribution is 8.00. The van der Waals surface area contributed by atoms with E-state index >= 15 is 0 Å². The molecule has 1 aromatic heterocycles. The second-order valence-corrected chi connectivity index (χ2v) is 15.8. The normalized spacial score (nSPS) is 15.6. The smallest absolute Gasteiger partial charge is 0.0757 e. The van der Waals surface area contributed by atoms with Crippen LogP contribution in [0, 0.1) is 0 Å². The molecule has 1 atom stereocenters. The quantitative estimate of drug-likeness (QED) is 0.181. The molecule has 0 amide bonds. The maximum absolute atomic E-state index is 2.44. The number of aromatic nitrogens is 1. The summed E-state index contributed by atoms with van der Waals surface area (Å²) in [4.78, 5) is 5.23. The first-order valence-electron chi connectivity index (χ1n) is 17.8. The molecule has 52 heavy (non-hydrogen) atoms. The molecule has 0 saturated heterocycles. The largest absolute Gasteiger partial charge is 0.309 e. The highest BCUT2D eigenvalue weighted by Crippen LogP contribution is 2.64. The van der Waals surface area contributed by atoms with Crippen LogP contribution in [-0.2, 0) is 5.41 Å². The van der Waals surface area contributed by atoms with Crippen LogP contribution in [0.1, 0.15) is 22.3 Å². The summed E-state index contributed by atoms with van der Waals surface area (Å²) < 4.78 is 2.40. The van der Waals surface area contributed by atoms with E-state index in [0.29, 0.717) is 0 Å². The lowest BCUT2D eigenvalue weighted by molar-refractivity contribution is 0.671. The summed E-state index contributed by atoms with van der Waals surface area (Å²) in [5.74, 6) is 0. The zero-order valence-electron chi connectivity index (χ0n) is 28.2. The van der Waals surface area contributed by atoms with Crippen molar-refractivity contribution in [3.8, 4) is 27.9 Å². The Balaban J connectivity index is 1.27. The zero-order valence-corrected chi connectivity index (χ0v) is 29.8. The van der Waals surface area contributed by atoms with Crippen LogP contribution in [0.25, 0.3) is 49.7 Å². The first kappa shape index (κ1) is 29.9. The Bertz CT molecular complexity index is 2810. The van der Waals surface area contributed by atoms with E-state index in [1.165, 1.54) is 91.6 Å². The molecule has 1 nitrogen and oxygen atoms in total. The van der Waals surface area contributed by atoms with Crippen LogP contribution >= 0.6 is 23.5 Å². The zero-order chi connectivity index (χ0) is 34.2. The number of rotatable bonds is 3. The summed E-state index contributed by atoms with van der Waals surface area (Å²) in [5, 5.41) is 2.52. The van der Waals surface area contributed by atoms with E-state index in [1.807, 2.05) is 23.5 Å². The summed E-state index contributed by atoms with van der Waals surface area (Å²) in [6.45, 7) is 0. The molecule has 0 radical (unpaired) electrons. The fourth-order valence-corrected chi connectivity index (χ4v) is 11.3. The minimum Gasteiger partial charge on any atom is -0.309 e. The van der Waals surface area contributed by atoms with Crippen molar-refractivity contribution in [2.75, 3.05) is 0 Å². The van der Waals surface area contributed by atoms with Gasteiger partial charge in [0.25, 0.3) is 0 Å². The highest BCUT2D eigenvalue weighted by Gasteiger charge is 2.51. The van der Waals surface area contributed by atoms with Gasteiger partial charge in [0.1, 0.15) is 0 Å². The van der Waals surface area contributed by atoms with Crippen LogP contribution in [0.15, 0.2) is 208 Å². The molecule has 1 spiro atoms. The molecule has 2 aliphatic rings. The van der Waals surface area contributed by atoms with Crippen molar-refractivity contribution in [3.63, 3.8) is 0 Å². The van der Waals surface area contributed by atoms with Crippen molar-refractivity contribution >= 4 is 45.3 Å². The number of benzene rings is 8. The molecule has 2 aliphatic heterocycles. The Kier molecular flexibility index (Phi) is 6.70. The lowest BCUT2D eigenvalue weighted by atomic mass is 9.61. The first-order valence-corrected chi connectivity index (χ1v) is 19.4. The van der Waals surface area contributed by atoms with E-state index in [4.69, 9.17) is 0 Å². The van der Waals surface area contributed by atoms with Gasteiger partial charge in [-0.1, -0.05) is 157 Å². The molecule has 9 aromatic rings. The van der Waals surface area contributed by atoms with Gasteiger partial charge < -0.3 is 4.57 Å². The molecule has 0 N–H and O–H groups in total. The number of para-hydroxylation sites is 2. The Morgan fingerprint density at radius 3 is 1.56 bits per heavy atom. The van der Waals surface area contributed by atoms with Gasteiger partial charge in [-0.2, -0.15) is 0 Å². The summed E-state index contributed by atoms with van der Waals surface area (Å²) >= 11 is 3.81. The van der Waals surface area contributed by atoms with E-state index < -0.39 is 5.41 Å². The Hall–Kier alpha value is -5.74. The average Bonchev–Trinajstić information content (AvgIpc) is 3.54. The van der Waals surface area contributed by atoms with Crippen molar-refractivity contribution in [1.82, 2.24) is 4.57 Å². The van der Waals surface area contributed by atoms with Crippen LogP contribution in [0.2, 0.25) is 0 Å². The van der Waals surface area contributed by atoms with E-state index in [1.54, 1.807) is 0 Å². The Morgan fingerprint density at radius 1 is 0.365 bits per heavy atom. The fourth-order valence-electron chi connectivity index (χ4n) is 8.88. The predicted molar refractivity (Wildman–Crippen MR) is 218 cm³/mol. The lowest BCUT2D eigenvalue weighted by Crippen LogP contribution is -2.37. The maximum Gasteiger partial charge on any atom is 0.0757 e. The molecule has 8 aromatic carbocycles. The van der Waals surface area contributed by atoms with E-state index in [2.05, 4.69) is 193 Å². The van der Waals surface area contributed by atoms with Gasteiger partial charge in [0.05, 0.1) is 16.4 Å². The van der Waals surface area contributed by atoms with Gasteiger partial charge in [-0.3, -0.25) is 0 Å². The van der Waals surface area contributed by atoms with Crippen LogP contribution in [0.4, 0.5) is 0 Å². The van der Waals surface area contributed by atoms with Gasteiger partial charge in [-0.15, -0.1) is 0 Å². The topological polar surface area (TPSA) is 4.93 Å². The van der Waals surface area contributed by atoms with Gasteiger partial charge in [0, 0.05) is 36.0 Å². The van der Waals surface area contributed by atoms with Crippen molar-refractivity contribution in [3.05, 3.63) is 210 Å². The minimum absolute atomic E-state index is 0.551. The predicted octanol–water partition coefficient (Wildman–Crippen LogP) is 13.4. The minimum atomic E-state index is -0.551. The van der Waals surface area contributed by atoms with Gasteiger partial charge in [0.15, 0.2) is 0 Å². The monoisotopic (exact) mass is 697 g/mol. The molecule has 3 heterocycles. The second-order valence-electron chi connectivity index (χ2n) is 13.6. The van der Waals surface area contributed by atoms with Crippen molar-refractivity contribution in [2.24, 2.45) is 0 Å². The molecule has 0 saturated carbocycles. The molecule has 1 unspecified atom stereocenters. The van der Waals surface area contributed by atoms with Crippen LogP contribution < -0.4 is 0 Å². The molecular weight excluding hydrogens is 667 g/mol. The second kappa shape index (κ2) is 11.6. The third-order valence-corrected chi connectivity index (χ3v) is 13.2. The molecule has 0 aliphatic carbocycles. The molecular formula is C49H31NS2. The van der Waals surface area contributed by atoms with Gasteiger partial charge in [0.2, 0.25) is 0 Å². The third kappa shape index (κ3) is 4.21. The molecule has 244 valence electrons. The first-order chi connectivity index (χ1) is 25.8. The average molecular weight is 698 g/mol. The lowest BCUT2D eigenvalue weighted by Gasteiger charge is -2.47. The summed E-state index contributed by atoms with van der Waals surface area (Å²) in [6.07, 6.45) is 0. The van der Waals surface area contributed by atoms with Crippen LogP contribution in [-0.4, -0.2) is 4.57 Å². The SMILES string of the molecule is c1ccc(-c2cccc3c2C2(c4ccccc4S3)c3ccccc3Sc3cccc(-c4ccc5c(c4)c4ccccc4n5-c4ccccc4)c32)cc1. The number of fused-ring (bicyclic) bond motifs is 11. The van der Waals surface area contributed by atoms with Gasteiger partial charge >= 0.3 is 0 Å². The van der Waals surface area contributed by atoms with Crippen LogP contribution in [0.3, 0.4) is 0 Å². The Morgan fingerprint density at radius 2 is 0.885 bits per heavy atom. The van der Waals surface area contributed by atoms with Crippen molar-refractivity contribution in [1.29, 1.82) is 0 Å². The molecule has 0 bridgehead atoms. The molecule has 0 fully saturated rings. The summed E-state index contributed by atoms with van der Waals surface area (Å²) in [5.41, 5.74) is 13.5. The van der Waals surface area contributed by atoms with Gasteiger partial charge in [-0.05, 0) is 99.1 Å². The van der Waals surface area contributed by atoms with E-state index in [9.17, 15) is 0 Å². The molecule has 11 rings (SSSR count). The van der Waals surface area contributed by atoms with E-state index in [-0.39, 0.29) is 0 Å². The van der Waals surface area contributed by atoms with Gasteiger partial charge in [-0.25, -0.2) is 0 Å². The van der Waals surface area contributed by atoms with E-state index in [0.717, 1.165) is 0 Å². The van der Waals surface area contributed by atoms with Crippen molar-refractivity contribution < 1.29 is 0 Å². The third-order valence-electron chi connectivity index (χ3n) is 10.9. The summed E-state index contributed by atoms with van der Waals surface area (Å²) in [7, 11) is 0. The standard InChI is InChI=1S/C49H31NS2/c1-3-15-32(16-4-1)35-20-13-27-45-47(35)49(39-22-8-11-25-43(39)51-45)40-23-9-12-26-44(40)52-46-28-14-21-36(48(46)49)33-29-30-42-38(31-33)37-19-7-10-24-41(37)50(42)34-17-5-2-6-18-34/h1-31H. The number of hydrogen-bond donors (Lipinski definition) is 0. The fraction of sp³-hybridized carbons (Fsp3) is 0.0204. The highest BCUT2D eigenvalue weighted by atomic mass is 32.2. The van der Waals surface area contributed by atoms with Crippen LogP contribution in [0.5, 0.6) is 0 Å². The summed E-state index contributed by atoms with van der Waals surface area (Å²) in [6, 6.07) is 69.8. The Labute approximate surface area is 311 Å². The number of nitrogens with zero attached hydrogens (tertiary/aromatic N) is 1.